The van der Waals surface area contributed by atoms with E-state index in [4.69, 9.17) is 4.74 Å². The number of nitriles is 1. The average molecular weight is 406 g/mol. The van der Waals surface area contributed by atoms with Crippen LogP contribution in [0.3, 0.4) is 0 Å². The van der Waals surface area contributed by atoms with Gasteiger partial charge in [0.2, 0.25) is 0 Å². The Hall–Kier alpha value is -3.70. The van der Waals surface area contributed by atoms with Gasteiger partial charge in [0.15, 0.2) is 0 Å². The molecule has 1 heterocycles. The van der Waals surface area contributed by atoms with Crippen molar-refractivity contribution < 1.29 is 14.5 Å². The lowest BCUT2D eigenvalue weighted by Crippen LogP contribution is -2.36. The fourth-order valence-electron chi connectivity index (χ4n) is 3.31. The molecule has 8 nitrogen and oxygen atoms in total. The third-order valence-electron chi connectivity index (χ3n) is 4.87. The zero-order valence-corrected chi connectivity index (χ0v) is 16.8. The molecule has 3 rings (SSSR count). The molecule has 1 saturated heterocycles. The van der Waals surface area contributed by atoms with E-state index >= 15 is 0 Å². The number of carbonyl (C=O) groups excluding carboxylic acids is 1. The van der Waals surface area contributed by atoms with Crippen molar-refractivity contribution in [2.24, 2.45) is 0 Å². The molecular weight excluding hydrogens is 384 g/mol. The number of non-ortho nitro benzene ring substituents is 1. The van der Waals surface area contributed by atoms with Gasteiger partial charge in [-0.15, -0.1) is 0 Å². The van der Waals surface area contributed by atoms with Crippen LogP contribution < -0.4 is 10.2 Å². The lowest BCUT2D eigenvalue weighted by molar-refractivity contribution is -0.384. The van der Waals surface area contributed by atoms with Gasteiger partial charge in [0.05, 0.1) is 18.1 Å². The molecule has 2 aromatic carbocycles. The molecular formula is C22H22N4O4. The predicted octanol–water partition coefficient (Wildman–Crippen LogP) is 3.59. The van der Waals surface area contributed by atoms with Gasteiger partial charge in [-0.3, -0.25) is 14.9 Å². The minimum absolute atomic E-state index is 0.106. The Bertz CT molecular complexity index is 1050. The number of hydrogen-bond donors (Lipinski definition) is 1. The third kappa shape index (κ3) is 4.82. The average Bonchev–Trinajstić information content (AvgIpc) is 2.74. The van der Waals surface area contributed by atoms with Crippen molar-refractivity contribution in [3.05, 3.63) is 68.8 Å². The van der Waals surface area contributed by atoms with Gasteiger partial charge in [-0.05, 0) is 37.6 Å². The SMILES string of the molecule is Cc1ccc(NC(=O)/C(C#N)=C/c2cc([N+](=O)[O-])ccc2N2CCOCC2)c(C)c1. The second-order valence-corrected chi connectivity index (χ2v) is 7.04. The number of ether oxygens (including phenoxy) is 1. The van der Waals surface area contributed by atoms with Crippen molar-refractivity contribution in [2.75, 3.05) is 36.5 Å². The zero-order valence-electron chi connectivity index (χ0n) is 16.8. The molecule has 0 unspecified atom stereocenters. The van der Waals surface area contributed by atoms with Crippen LogP contribution >= 0.6 is 0 Å². The first-order valence-electron chi connectivity index (χ1n) is 9.50. The van der Waals surface area contributed by atoms with Crippen molar-refractivity contribution in [2.45, 2.75) is 13.8 Å². The number of nitrogens with zero attached hydrogens (tertiary/aromatic N) is 3. The summed E-state index contributed by atoms with van der Waals surface area (Å²) < 4.78 is 5.37. The molecule has 1 aliphatic heterocycles. The maximum Gasteiger partial charge on any atom is 0.270 e. The Balaban J connectivity index is 1.96. The summed E-state index contributed by atoms with van der Waals surface area (Å²) in [6, 6.07) is 11.9. The van der Waals surface area contributed by atoms with E-state index in [2.05, 4.69) is 5.32 Å². The van der Waals surface area contributed by atoms with Gasteiger partial charge in [-0.2, -0.15) is 5.26 Å². The van der Waals surface area contributed by atoms with Gasteiger partial charge in [0.1, 0.15) is 11.6 Å². The van der Waals surface area contributed by atoms with Gasteiger partial charge in [0, 0.05) is 42.2 Å². The van der Waals surface area contributed by atoms with Crippen LogP contribution in [0.5, 0.6) is 0 Å². The van der Waals surface area contributed by atoms with Crippen molar-refractivity contribution >= 4 is 29.0 Å². The topological polar surface area (TPSA) is 108 Å². The minimum Gasteiger partial charge on any atom is -0.378 e. The zero-order chi connectivity index (χ0) is 21.7. The van der Waals surface area contributed by atoms with E-state index in [1.807, 2.05) is 36.9 Å². The summed E-state index contributed by atoms with van der Waals surface area (Å²) in [6.07, 6.45) is 1.40. The highest BCUT2D eigenvalue weighted by Gasteiger charge is 2.19. The van der Waals surface area contributed by atoms with E-state index in [0.29, 0.717) is 37.6 Å². The first-order valence-corrected chi connectivity index (χ1v) is 9.50. The van der Waals surface area contributed by atoms with Gasteiger partial charge in [0.25, 0.3) is 11.6 Å². The first-order chi connectivity index (χ1) is 14.4. The summed E-state index contributed by atoms with van der Waals surface area (Å²) in [6.45, 7) is 6.14. The molecule has 8 heteroatoms. The summed E-state index contributed by atoms with van der Waals surface area (Å²) >= 11 is 0. The number of benzene rings is 2. The third-order valence-corrected chi connectivity index (χ3v) is 4.87. The number of nitro benzene ring substituents is 1. The lowest BCUT2D eigenvalue weighted by atomic mass is 10.1. The fraction of sp³-hybridized carbons (Fsp3) is 0.273. The lowest BCUT2D eigenvalue weighted by Gasteiger charge is -2.30. The predicted molar refractivity (Wildman–Crippen MR) is 114 cm³/mol. The Kier molecular flexibility index (Phi) is 6.45. The number of amides is 1. The summed E-state index contributed by atoms with van der Waals surface area (Å²) in [4.78, 5) is 25.5. The van der Waals surface area contributed by atoms with Gasteiger partial charge < -0.3 is 15.0 Å². The number of anilines is 2. The Morgan fingerprint density at radius 3 is 2.60 bits per heavy atom. The number of aryl methyl sites for hydroxylation is 2. The highest BCUT2D eigenvalue weighted by atomic mass is 16.6. The number of hydrogen-bond acceptors (Lipinski definition) is 6. The normalized spacial score (nSPS) is 14.2. The molecule has 0 atom stereocenters. The van der Waals surface area contributed by atoms with E-state index in [0.717, 1.165) is 16.8 Å². The van der Waals surface area contributed by atoms with E-state index < -0.39 is 10.8 Å². The molecule has 0 aliphatic carbocycles. The summed E-state index contributed by atoms with van der Waals surface area (Å²) in [5, 5.41) is 23.6. The second-order valence-electron chi connectivity index (χ2n) is 7.04. The molecule has 1 fully saturated rings. The van der Waals surface area contributed by atoms with Gasteiger partial charge >= 0.3 is 0 Å². The fourth-order valence-corrected chi connectivity index (χ4v) is 3.31. The van der Waals surface area contributed by atoms with Crippen molar-refractivity contribution in [1.82, 2.24) is 0 Å². The number of morpholine rings is 1. The molecule has 154 valence electrons. The van der Waals surface area contributed by atoms with Crippen molar-refractivity contribution in [3.8, 4) is 6.07 Å². The first kappa shape index (κ1) is 21.0. The monoisotopic (exact) mass is 406 g/mol. The van der Waals surface area contributed by atoms with Gasteiger partial charge in [-0.25, -0.2) is 0 Å². The van der Waals surface area contributed by atoms with Crippen LogP contribution in [0.25, 0.3) is 6.08 Å². The van der Waals surface area contributed by atoms with Crippen LogP contribution in [-0.4, -0.2) is 37.1 Å². The Labute approximate surface area is 174 Å². The second kappa shape index (κ2) is 9.20. The maximum atomic E-state index is 12.7. The highest BCUT2D eigenvalue weighted by Crippen LogP contribution is 2.28. The van der Waals surface area contributed by atoms with E-state index in [9.17, 15) is 20.2 Å². The highest BCUT2D eigenvalue weighted by molar-refractivity contribution is 6.10. The Morgan fingerprint density at radius 1 is 1.23 bits per heavy atom. The summed E-state index contributed by atoms with van der Waals surface area (Å²) in [5.74, 6) is -0.566. The smallest absolute Gasteiger partial charge is 0.270 e. The number of nitrogens with one attached hydrogen (secondary N) is 1. The van der Waals surface area contributed by atoms with Crippen LogP contribution in [0.15, 0.2) is 42.0 Å². The summed E-state index contributed by atoms with van der Waals surface area (Å²) in [7, 11) is 0. The van der Waals surface area contributed by atoms with Crippen LogP contribution in [0.4, 0.5) is 17.1 Å². The molecule has 2 aromatic rings. The van der Waals surface area contributed by atoms with Crippen molar-refractivity contribution in [1.29, 1.82) is 5.26 Å². The molecule has 0 spiro atoms. The Morgan fingerprint density at radius 2 is 1.97 bits per heavy atom. The molecule has 0 radical (unpaired) electrons. The molecule has 1 amide bonds. The largest absolute Gasteiger partial charge is 0.378 e. The van der Waals surface area contributed by atoms with E-state index in [1.165, 1.54) is 18.2 Å². The number of carbonyl (C=O) groups is 1. The number of nitro groups is 1. The summed E-state index contributed by atoms with van der Waals surface area (Å²) in [5.41, 5.74) is 3.47. The number of rotatable bonds is 5. The molecule has 1 aliphatic rings. The molecule has 1 N–H and O–H groups in total. The molecule has 0 saturated carbocycles. The maximum absolute atomic E-state index is 12.7. The van der Waals surface area contributed by atoms with Crippen LogP contribution in [0, 0.1) is 35.3 Å². The van der Waals surface area contributed by atoms with Gasteiger partial charge in [-0.1, -0.05) is 17.7 Å². The van der Waals surface area contributed by atoms with Crippen LogP contribution in [0.1, 0.15) is 16.7 Å². The van der Waals surface area contributed by atoms with Crippen LogP contribution in [0.2, 0.25) is 0 Å². The molecule has 30 heavy (non-hydrogen) atoms. The van der Waals surface area contributed by atoms with E-state index in [1.54, 1.807) is 12.1 Å². The quantitative estimate of drug-likeness (QED) is 0.352. The van der Waals surface area contributed by atoms with Crippen LogP contribution in [-0.2, 0) is 9.53 Å². The minimum atomic E-state index is -0.566. The van der Waals surface area contributed by atoms with E-state index in [-0.39, 0.29) is 11.3 Å². The van der Waals surface area contributed by atoms with Crippen molar-refractivity contribution in [3.63, 3.8) is 0 Å². The molecule has 0 aromatic heterocycles. The molecule has 0 bridgehead atoms. The standard InChI is InChI=1S/C22H22N4O4/c1-15-3-5-20(16(2)11-15)24-22(27)18(14-23)12-17-13-19(26(28)29)4-6-21(17)25-7-9-30-10-8-25/h3-6,11-13H,7-10H2,1-2H3,(H,24,27)/b18-12+.